The van der Waals surface area contributed by atoms with Crippen molar-refractivity contribution in [3.8, 4) is 34.7 Å². The van der Waals surface area contributed by atoms with Gasteiger partial charge in [-0.2, -0.15) is 10.5 Å². The zero-order valence-corrected chi connectivity index (χ0v) is 12.0. The highest BCUT2D eigenvalue weighted by molar-refractivity contribution is 6.33. The Morgan fingerprint density at radius 3 is 2.45 bits per heavy atom. The smallest absolute Gasteiger partial charge is 0.167 e. The van der Waals surface area contributed by atoms with E-state index in [2.05, 4.69) is 11.2 Å². The van der Waals surface area contributed by atoms with E-state index in [1.165, 1.54) is 0 Å². The molecule has 3 aromatic rings. The molecule has 0 fully saturated rings. The zero-order chi connectivity index (χ0) is 15.5. The maximum absolute atomic E-state index is 8.94. The third kappa shape index (κ3) is 2.56. The first-order valence-electron chi connectivity index (χ1n) is 6.38. The second-order valence-electron chi connectivity index (χ2n) is 4.58. The molecule has 0 aliphatic rings. The summed E-state index contributed by atoms with van der Waals surface area (Å²) >= 11 is 6.17. The molecule has 1 aromatic heterocycles. The molecule has 0 radical (unpaired) electrons. The van der Waals surface area contributed by atoms with Crippen LogP contribution < -0.4 is 0 Å². The molecule has 0 atom stereocenters. The predicted octanol–water partition coefficient (Wildman–Crippen LogP) is 4.41. The average Bonchev–Trinajstić information content (AvgIpc) is 3.04. The van der Waals surface area contributed by atoms with Gasteiger partial charge < -0.3 is 4.52 Å². The SMILES string of the molecule is N#Cc1cccc(-c2cc(-c3ccc(C#N)cc3Cl)no2)c1. The number of hydrogen-bond donors (Lipinski definition) is 0. The zero-order valence-electron chi connectivity index (χ0n) is 11.2. The third-order valence-electron chi connectivity index (χ3n) is 3.16. The molecular weight excluding hydrogens is 298 g/mol. The first-order valence-corrected chi connectivity index (χ1v) is 6.76. The van der Waals surface area contributed by atoms with Gasteiger partial charge in [0.1, 0.15) is 5.69 Å². The number of halogens is 1. The molecule has 0 N–H and O–H groups in total. The first kappa shape index (κ1) is 13.9. The van der Waals surface area contributed by atoms with Gasteiger partial charge in [-0.05, 0) is 30.3 Å². The standard InChI is InChI=1S/C17H8ClN3O/c18-15-7-12(10-20)4-5-14(15)16-8-17(22-21-16)13-3-1-2-11(6-13)9-19/h1-8H. The highest BCUT2D eigenvalue weighted by Gasteiger charge is 2.12. The minimum Gasteiger partial charge on any atom is -0.356 e. The predicted molar refractivity (Wildman–Crippen MR) is 81.8 cm³/mol. The molecule has 22 heavy (non-hydrogen) atoms. The van der Waals surface area contributed by atoms with Crippen molar-refractivity contribution in [3.63, 3.8) is 0 Å². The van der Waals surface area contributed by atoms with E-state index in [0.29, 0.717) is 33.2 Å². The highest BCUT2D eigenvalue weighted by atomic mass is 35.5. The maximum atomic E-state index is 8.94. The lowest BCUT2D eigenvalue weighted by Gasteiger charge is -1.99. The molecule has 0 bridgehead atoms. The topological polar surface area (TPSA) is 73.6 Å². The molecule has 3 rings (SSSR count). The van der Waals surface area contributed by atoms with Crippen LogP contribution in [-0.4, -0.2) is 5.16 Å². The lowest BCUT2D eigenvalue weighted by atomic mass is 10.1. The van der Waals surface area contributed by atoms with E-state index in [9.17, 15) is 0 Å². The summed E-state index contributed by atoms with van der Waals surface area (Å²) in [7, 11) is 0. The Kier molecular flexibility index (Phi) is 3.62. The van der Waals surface area contributed by atoms with Crippen molar-refractivity contribution in [2.75, 3.05) is 0 Å². The van der Waals surface area contributed by atoms with Crippen molar-refractivity contribution >= 4 is 11.6 Å². The van der Waals surface area contributed by atoms with Gasteiger partial charge in [0, 0.05) is 17.2 Å². The van der Waals surface area contributed by atoms with Gasteiger partial charge in [-0.3, -0.25) is 0 Å². The van der Waals surface area contributed by atoms with Crippen LogP contribution in [0.2, 0.25) is 5.02 Å². The molecule has 0 aliphatic heterocycles. The summed E-state index contributed by atoms with van der Waals surface area (Å²) in [6.45, 7) is 0. The maximum Gasteiger partial charge on any atom is 0.167 e. The van der Waals surface area contributed by atoms with Crippen LogP contribution >= 0.6 is 11.6 Å². The van der Waals surface area contributed by atoms with Crippen LogP contribution in [0.25, 0.3) is 22.6 Å². The summed E-state index contributed by atoms with van der Waals surface area (Å²) in [4.78, 5) is 0. The Hall–Kier alpha value is -3.08. The van der Waals surface area contributed by atoms with Crippen LogP contribution in [0.1, 0.15) is 11.1 Å². The number of nitrogens with zero attached hydrogens (tertiary/aromatic N) is 3. The van der Waals surface area contributed by atoms with Crippen LogP contribution in [0.4, 0.5) is 0 Å². The molecule has 1 heterocycles. The number of hydrogen-bond acceptors (Lipinski definition) is 4. The van der Waals surface area contributed by atoms with E-state index in [0.717, 1.165) is 5.56 Å². The van der Waals surface area contributed by atoms with Gasteiger partial charge >= 0.3 is 0 Å². The number of benzene rings is 2. The van der Waals surface area contributed by atoms with Crippen molar-refractivity contribution in [3.05, 3.63) is 64.7 Å². The summed E-state index contributed by atoms with van der Waals surface area (Å²) in [6, 6.07) is 17.9. The van der Waals surface area contributed by atoms with Crippen molar-refractivity contribution in [1.29, 1.82) is 10.5 Å². The van der Waals surface area contributed by atoms with Crippen LogP contribution in [-0.2, 0) is 0 Å². The second kappa shape index (κ2) is 5.73. The summed E-state index contributed by atoms with van der Waals surface area (Å²) in [6.07, 6.45) is 0. The molecule has 104 valence electrons. The fraction of sp³-hybridized carbons (Fsp3) is 0. The second-order valence-corrected chi connectivity index (χ2v) is 4.98. The van der Waals surface area contributed by atoms with Crippen molar-refractivity contribution < 1.29 is 4.52 Å². The normalized spacial score (nSPS) is 9.95. The molecular formula is C17H8ClN3O. The summed E-state index contributed by atoms with van der Waals surface area (Å²) in [5, 5.41) is 22.2. The van der Waals surface area contributed by atoms with E-state index in [-0.39, 0.29) is 0 Å². The van der Waals surface area contributed by atoms with Gasteiger partial charge in [-0.25, -0.2) is 0 Å². The molecule has 5 heteroatoms. The molecule has 0 saturated carbocycles. The lowest BCUT2D eigenvalue weighted by Crippen LogP contribution is -1.81. The Balaban J connectivity index is 2.01. The number of aromatic nitrogens is 1. The number of rotatable bonds is 2. The molecule has 0 spiro atoms. The minimum atomic E-state index is 0.435. The Bertz CT molecular complexity index is 932. The Labute approximate surface area is 131 Å². The fourth-order valence-electron chi connectivity index (χ4n) is 2.07. The molecule has 2 aromatic carbocycles. The van der Waals surface area contributed by atoms with Gasteiger partial charge in [0.2, 0.25) is 0 Å². The summed E-state index contributed by atoms with van der Waals surface area (Å²) in [5.41, 5.74) is 3.06. The minimum absolute atomic E-state index is 0.435. The van der Waals surface area contributed by atoms with Crippen LogP contribution in [0.5, 0.6) is 0 Å². The first-order chi connectivity index (χ1) is 10.7. The number of nitriles is 2. The summed E-state index contributed by atoms with van der Waals surface area (Å²) < 4.78 is 5.33. The van der Waals surface area contributed by atoms with Crippen LogP contribution in [0.15, 0.2) is 53.1 Å². The van der Waals surface area contributed by atoms with E-state index in [1.807, 2.05) is 12.1 Å². The Morgan fingerprint density at radius 1 is 0.955 bits per heavy atom. The van der Waals surface area contributed by atoms with Crippen LogP contribution in [0.3, 0.4) is 0 Å². The Morgan fingerprint density at radius 2 is 1.73 bits per heavy atom. The van der Waals surface area contributed by atoms with Crippen molar-refractivity contribution in [2.45, 2.75) is 0 Å². The fourth-order valence-corrected chi connectivity index (χ4v) is 2.35. The molecule has 4 nitrogen and oxygen atoms in total. The lowest BCUT2D eigenvalue weighted by molar-refractivity contribution is 0.435. The van der Waals surface area contributed by atoms with Gasteiger partial charge in [0.25, 0.3) is 0 Å². The van der Waals surface area contributed by atoms with Gasteiger partial charge in [-0.1, -0.05) is 28.9 Å². The molecule has 0 amide bonds. The largest absolute Gasteiger partial charge is 0.356 e. The van der Waals surface area contributed by atoms with Gasteiger partial charge in [-0.15, -0.1) is 0 Å². The average molecular weight is 306 g/mol. The quantitative estimate of drug-likeness (QED) is 0.703. The third-order valence-corrected chi connectivity index (χ3v) is 3.47. The monoisotopic (exact) mass is 305 g/mol. The molecule has 0 saturated heterocycles. The van der Waals surface area contributed by atoms with Crippen molar-refractivity contribution in [2.24, 2.45) is 0 Å². The van der Waals surface area contributed by atoms with Gasteiger partial charge in [0.15, 0.2) is 5.76 Å². The molecule has 0 unspecified atom stereocenters. The van der Waals surface area contributed by atoms with E-state index < -0.39 is 0 Å². The highest BCUT2D eigenvalue weighted by Crippen LogP contribution is 2.31. The van der Waals surface area contributed by atoms with Crippen molar-refractivity contribution in [1.82, 2.24) is 5.16 Å². The van der Waals surface area contributed by atoms with E-state index in [1.54, 1.807) is 42.5 Å². The molecule has 0 aliphatic carbocycles. The van der Waals surface area contributed by atoms with Crippen LogP contribution in [0, 0.1) is 22.7 Å². The van der Waals surface area contributed by atoms with E-state index >= 15 is 0 Å². The van der Waals surface area contributed by atoms with Gasteiger partial charge in [0.05, 0.1) is 28.3 Å². The van der Waals surface area contributed by atoms with E-state index in [4.69, 9.17) is 26.6 Å². The summed E-state index contributed by atoms with van der Waals surface area (Å²) in [5.74, 6) is 0.549.